The van der Waals surface area contributed by atoms with E-state index in [1.54, 1.807) is 0 Å². The highest BCUT2D eigenvalue weighted by Gasteiger charge is 2.34. The largest absolute Gasteiger partial charge is 0.481 e. The molecular weight excluding hydrogens is 307 g/mol. The van der Waals surface area contributed by atoms with Crippen LogP contribution in [0, 0.1) is 0 Å². The van der Waals surface area contributed by atoms with Gasteiger partial charge in [0.05, 0.1) is 18.8 Å². The SMILES string of the molecule is O=P(O)(O)OP(=O)(O)OC/C=C(/CO)C(F)(F)F. The summed E-state index contributed by atoms with van der Waals surface area (Å²) in [7, 11) is -10.5. The smallest absolute Gasteiger partial charge is 0.392 e. The lowest BCUT2D eigenvalue weighted by Crippen LogP contribution is -2.15. The topological polar surface area (TPSA) is 134 Å². The van der Waals surface area contributed by atoms with Crippen molar-refractivity contribution in [1.29, 1.82) is 0 Å². The summed E-state index contributed by atoms with van der Waals surface area (Å²) < 4.78 is 64.3. The summed E-state index contributed by atoms with van der Waals surface area (Å²) in [6.45, 7) is -2.52. The van der Waals surface area contributed by atoms with Gasteiger partial charge in [-0.05, 0) is 6.08 Å². The molecule has 0 aliphatic rings. The van der Waals surface area contributed by atoms with Crippen molar-refractivity contribution in [3.8, 4) is 0 Å². The molecule has 1 atom stereocenters. The molecule has 0 aromatic carbocycles. The first kappa shape index (κ1) is 17.8. The van der Waals surface area contributed by atoms with Gasteiger partial charge in [-0.3, -0.25) is 4.52 Å². The Kier molecular flexibility index (Phi) is 6.18. The van der Waals surface area contributed by atoms with Crippen LogP contribution in [-0.4, -0.2) is 39.2 Å². The number of aliphatic hydroxyl groups excluding tert-OH is 1. The summed E-state index contributed by atoms with van der Waals surface area (Å²) in [6.07, 6.45) is -4.63. The molecule has 0 aliphatic carbocycles. The predicted molar refractivity (Wildman–Crippen MR) is 50.1 cm³/mol. The Morgan fingerprint density at radius 2 is 1.72 bits per heavy atom. The van der Waals surface area contributed by atoms with Crippen molar-refractivity contribution in [3.05, 3.63) is 11.6 Å². The van der Waals surface area contributed by atoms with Gasteiger partial charge in [0, 0.05) is 0 Å². The molecule has 4 N–H and O–H groups in total. The number of aliphatic hydroxyl groups is 1. The molecule has 8 nitrogen and oxygen atoms in total. The zero-order chi connectivity index (χ0) is 14.6. The molecule has 0 fully saturated rings. The van der Waals surface area contributed by atoms with Crippen molar-refractivity contribution in [3.63, 3.8) is 0 Å². The molecule has 0 aliphatic heterocycles. The molecular formula is C5H9F3O8P2. The van der Waals surface area contributed by atoms with E-state index in [1.165, 1.54) is 0 Å². The second-order valence-corrected chi connectivity index (χ2v) is 5.55. The van der Waals surface area contributed by atoms with Crippen LogP contribution in [0.25, 0.3) is 0 Å². The first-order chi connectivity index (χ1) is 7.87. The van der Waals surface area contributed by atoms with E-state index >= 15 is 0 Å². The summed E-state index contributed by atoms with van der Waals surface area (Å²) >= 11 is 0. The lowest BCUT2D eigenvalue weighted by atomic mass is 10.2. The predicted octanol–water partition coefficient (Wildman–Crippen LogP) is 0.694. The van der Waals surface area contributed by atoms with Crippen LogP contribution in [0.3, 0.4) is 0 Å². The summed E-state index contributed by atoms with van der Waals surface area (Å²) in [5.74, 6) is 0. The van der Waals surface area contributed by atoms with Crippen LogP contribution in [-0.2, 0) is 18.0 Å². The second kappa shape index (κ2) is 6.27. The molecule has 0 aromatic heterocycles. The third-order valence-electron chi connectivity index (χ3n) is 1.31. The van der Waals surface area contributed by atoms with Gasteiger partial charge in [0.2, 0.25) is 0 Å². The number of hydrogen-bond acceptors (Lipinski definition) is 5. The fourth-order valence-electron chi connectivity index (χ4n) is 0.660. The van der Waals surface area contributed by atoms with Crippen LogP contribution in [0.1, 0.15) is 0 Å². The van der Waals surface area contributed by atoms with E-state index in [0.29, 0.717) is 0 Å². The zero-order valence-electron chi connectivity index (χ0n) is 8.44. The van der Waals surface area contributed by atoms with Crippen molar-refractivity contribution in [2.24, 2.45) is 0 Å². The van der Waals surface area contributed by atoms with Gasteiger partial charge in [-0.2, -0.15) is 17.5 Å². The van der Waals surface area contributed by atoms with Crippen molar-refractivity contribution in [1.82, 2.24) is 0 Å². The van der Waals surface area contributed by atoms with Crippen molar-refractivity contribution >= 4 is 15.6 Å². The van der Waals surface area contributed by atoms with E-state index in [1.807, 2.05) is 0 Å². The van der Waals surface area contributed by atoms with Crippen LogP contribution in [0.15, 0.2) is 11.6 Å². The molecule has 13 heteroatoms. The van der Waals surface area contributed by atoms with E-state index in [-0.39, 0.29) is 6.08 Å². The Labute approximate surface area is 98.5 Å². The minimum absolute atomic E-state index is 0.228. The van der Waals surface area contributed by atoms with E-state index in [0.717, 1.165) is 0 Å². The third kappa shape index (κ3) is 7.96. The van der Waals surface area contributed by atoms with Gasteiger partial charge in [-0.25, -0.2) is 9.13 Å². The summed E-state index contributed by atoms with van der Waals surface area (Å²) in [6, 6.07) is 0. The standard InChI is InChI=1S/C5H9F3O8P2/c6-5(7,8)4(3-9)1-2-15-18(13,14)16-17(10,11)12/h1,9H,2-3H2,(H,13,14)(H2,10,11,12)/b4-1-. The molecule has 108 valence electrons. The Bertz CT molecular complexity index is 398. The summed E-state index contributed by atoms with van der Waals surface area (Å²) in [5, 5.41) is 8.35. The number of phosphoric acid groups is 2. The highest BCUT2D eigenvalue weighted by atomic mass is 31.3. The molecule has 0 spiro atoms. The summed E-state index contributed by atoms with van der Waals surface area (Å²) in [4.78, 5) is 25.0. The molecule has 18 heavy (non-hydrogen) atoms. The van der Waals surface area contributed by atoms with Gasteiger partial charge < -0.3 is 19.8 Å². The molecule has 1 unspecified atom stereocenters. The minimum Gasteiger partial charge on any atom is -0.392 e. The third-order valence-corrected chi connectivity index (χ3v) is 3.46. The average molecular weight is 316 g/mol. The van der Waals surface area contributed by atoms with Crippen molar-refractivity contribution in [2.75, 3.05) is 13.2 Å². The molecule has 0 saturated heterocycles. The number of hydrogen-bond donors (Lipinski definition) is 4. The Balaban J connectivity index is 4.55. The Morgan fingerprint density at radius 3 is 2.06 bits per heavy atom. The first-order valence-electron chi connectivity index (χ1n) is 3.99. The number of alkyl halides is 3. The highest BCUT2D eigenvalue weighted by molar-refractivity contribution is 7.60. The molecule has 0 radical (unpaired) electrons. The first-order valence-corrected chi connectivity index (χ1v) is 7.01. The number of halogens is 3. The molecule has 0 amide bonds. The molecule has 0 saturated carbocycles. The van der Waals surface area contributed by atoms with Crippen molar-refractivity contribution in [2.45, 2.75) is 6.18 Å². The van der Waals surface area contributed by atoms with Crippen molar-refractivity contribution < 1.29 is 50.9 Å². The average Bonchev–Trinajstić information content (AvgIpc) is 2.05. The summed E-state index contributed by atoms with van der Waals surface area (Å²) in [5.41, 5.74) is -1.45. The van der Waals surface area contributed by atoms with Crippen LogP contribution in [0.4, 0.5) is 13.2 Å². The van der Waals surface area contributed by atoms with Gasteiger partial charge in [0.1, 0.15) is 0 Å². The van der Waals surface area contributed by atoms with Crippen LogP contribution in [0.2, 0.25) is 0 Å². The molecule has 0 bridgehead atoms. The monoisotopic (exact) mass is 316 g/mol. The Hall–Kier alpha value is -0.250. The van der Waals surface area contributed by atoms with E-state index in [9.17, 15) is 22.3 Å². The van der Waals surface area contributed by atoms with Gasteiger partial charge in [-0.15, -0.1) is 0 Å². The molecule has 0 heterocycles. The van der Waals surface area contributed by atoms with Crippen LogP contribution in [0.5, 0.6) is 0 Å². The van der Waals surface area contributed by atoms with E-state index in [4.69, 9.17) is 19.8 Å². The lowest BCUT2D eigenvalue weighted by molar-refractivity contribution is -0.0980. The normalized spacial score (nSPS) is 17.6. The van der Waals surface area contributed by atoms with Gasteiger partial charge in [-0.1, -0.05) is 0 Å². The Morgan fingerprint density at radius 1 is 1.22 bits per heavy atom. The maximum Gasteiger partial charge on any atom is 0.481 e. The van der Waals surface area contributed by atoms with E-state index in [2.05, 4.69) is 8.83 Å². The molecule has 0 rings (SSSR count). The van der Waals surface area contributed by atoms with Gasteiger partial charge in [0.15, 0.2) is 0 Å². The molecule has 0 aromatic rings. The maximum absolute atomic E-state index is 12.0. The second-order valence-electron chi connectivity index (χ2n) is 2.72. The highest BCUT2D eigenvalue weighted by Crippen LogP contribution is 2.57. The van der Waals surface area contributed by atoms with E-state index < -0.39 is 40.6 Å². The number of phosphoric ester groups is 1. The van der Waals surface area contributed by atoms with Gasteiger partial charge >= 0.3 is 21.8 Å². The maximum atomic E-state index is 12.0. The zero-order valence-corrected chi connectivity index (χ0v) is 10.2. The van der Waals surface area contributed by atoms with Crippen LogP contribution < -0.4 is 0 Å². The quantitative estimate of drug-likeness (QED) is 0.415. The number of rotatable bonds is 6. The van der Waals surface area contributed by atoms with Crippen LogP contribution >= 0.6 is 15.6 Å². The lowest BCUT2D eigenvalue weighted by Gasteiger charge is -2.12. The minimum atomic E-state index is -5.32. The fourth-order valence-corrected chi connectivity index (χ4v) is 2.19. The fraction of sp³-hybridized carbons (Fsp3) is 0.600. The van der Waals surface area contributed by atoms with Gasteiger partial charge in [0.25, 0.3) is 0 Å².